The van der Waals surface area contributed by atoms with Gasteiger partial charge < -0.3 is 4.57 Å². The molecule has 4 rings (SSSR count). The number of nitrogens with one attached hydrogen (secondary N) is 1. The van der Waals surface area contributed by atoms with Crippen LogP contribution in [0.15, 0.2) is 60.2 Å². The molecule has 3 aromatic rings. The van der Waals surface area contributed by atoms with Crippen molar-refractivity contribution in [1.29, 1.82) is 0 Å². The zero-order valence-corrected chi connectivity index (χ0v) is 20.2. The number of halogens is 1. The monoisotopic (exact) mass is 541 g/mol. The van der Waals surface area contributed by atoms with Crippen LogP contribution in [0.2, 0.25) is 0 Å². The van der Waals surface area contributed by atoms with Crippen molar-refractivity contribution < 1.29 is 9.59 Å². The van der Waals surface area contributed by atoms with Gasteiger partial charge in [-0.3, -0.25) is 19.8 Å². The number of nitrogens with zero attached hydrogens (tertiary/aromatic N) is 2. The maximum atomic E-state index is 13.2. The summed E-state index contributed by atoms with van der Waals surface area (Å²) in [5.74, 6) is -0.922. The van der Waals surface area contributed by atoms with Crippen LogP contribution in [0, 0.1) is 24.3 Å². The topological polar surface area (TPSA) is 54.3 Å². The Labute approximate surface area is 199 Å². The van der Waals surface area contributed by atoms with E-state index in [1.54, 1.807) is 6.08 Å². The third-order valence-corrected chi connectivity index (χ3v) is 6.25. The summed E-state index contributed by atoms with van der Waals surface area (Å²) < 4.78 is 3.26. The van der Waals surface area contributed by atoms with Gasteiger partial charge in [0.1, 0.15) is 5.57 Å². The first kappa shape index (κ1) is 21.5. The molecule has 1 aromatic heterocycles. The molecule has 1 aliphatic rings. The first-order valence-corrected chi connectivity index (χ1v) is 11.2. The van der Waals surface area contributed by atoms with Crippen molar-refractivity contribution in [3.8, 4) is 5.69 Å². The van der Waals surface area contributed by atoms with E-state index in [9.17, 15) is 9.59 Å². The zero-order chi connectivity index (χ0) is 22.3. The van der Waals surface area contributed by atoms with Crippen LogP contribution in [0.4, 0.5) is 5.69 Å². The fourth-order valence-corrected chi connectivity index (χ4v) is 4.30. The van der Waals surface area contributed by atoms with E-state index in [-0.39, 0.29) is 10.7 Å². The fourth-order valence-electron chi connectivity index (χ4n) is 3.66. The molecule has 0 saturated carbocycles. The summed E-state index contributed by atoms with van der Waals surface area (Å²) in [6.07, 6.45) is 1.64. The summed E-state index contributed by atoms with van der Waals surface area (Å²) in [6.45, 7) is 5.95. The standard InChI is InChI=1S/C24H20IN3O2S/c1-14-4-8-20(9-5-14)28-23(30)21(22(29)26-24(28)31)13-17-12-15(2)27(16(17)3)19-10-6-18(25)7-11-19/h4-13H,1-3H3,(H,26,29,31)/b21-13-. The Bertz CT molecular complexity index is 1240. The number of carbonyl (C=O) groups is 2. The molecule has 2 aromatic carbocycles. The Hall–Kier alpha value is -2.78. The van der Waals surface area contributed by atoms with Crippen molar-refractivity contribution in [3.05, 3.63) is 86.3 Å². The van der Waals surface area contributed by atoms with Crippen molar-refractivity contribution in [3.63, 3.8) is 0 Å². The highest BCUT2D eigenvalue weighted by Crippen LogP contribution is 2.26. The van der Waals surface area contributed by atoms with Crippen LogP contribution in [0.25, 0.3) is 11.8 Å². The van der Waals surface area contributed by atoms with E-state index in [0.717, 1.165) is 31.8 Å². The van der Waals surface area contributed by atoms with Crippen LogP contribution in [0.5, 0.6) is 0 Å². The quantitative estimate of drug-likeness (QED) is 0.224. The molecule has 0 unspecified atom stereocenters. The zero-order valence-electron chi connectivity index (χ0n) is 17.3. The molecule has 0 radical (unpaired) electrons. The maximum Gasteiger partial charge on any atom is 0.270 e. The number of amides is 2. The van der Waals surface area contributed by atoms with Gasteiger partial charge in [-0.2, -0.15) is 0 Å². The molecule has 31 heavy (non-hydrogen) atoms. The number of thiocarbonyl (C=S) groups is 1. The van der Waals surface area contributed by atoms with E-state index >= 15 is 0 Å². The van der Waals surface area contributed by atoms with E-state index in [1.807, 2.05) is 63.2 Å². The molecule has 2 heterocycles. The van der Waals surface area contributed by atoms with E-state index in [2.05, 4.69) is 44.6 Å². The molecule has 0 bridgehead atoms. The third kappa shape index (κ3) is 4.07. The van der Waals surface area contributed by atoms with Crippen molar-refractivity contribution in [2.75, 3.05) is 4.90 Å². The minimum atomic E-state index is -0.488. The molecule has 1 N–H and O–H groups in total. The minimum absolute atomic E-state index is 0.0528. The molecular weight excluding hydrogens is 521 g/mol. The Morgan fingerprint density at radius 3 is 2.19 bits per heavy atom. The summed E-state index contributed by atoms with van der Waals surface area (Å²) in [6, 6.07) is 17.6. The van der Waals surface area contributed by atoms with Crippen LogP contribution in [-0.2, 0) is 9.59 Å². The summed E-state index contributed by atoms with van der Waals surface area (Å²) in [5, 5.41) is 2.73. The van der Waals surface area contributed by atoms with Gasteiger partial charge in [0.05, 0.1) is 5.69 Å². The number of anilines is 1. The molecule has 1 saturated heterocycles. The molecule has 2 amide bonds. The van der Waals surface area contributed by atoms with Gasteiger partial charge in [-0.1, -0.05) is 17.7 Å². The second-order valence-corrected chi connectivity index (χ2v) is 9.06. The lowest BCUT2D eigenvalue weighted by atomic mass is 10.1. The molecular formula is C24H20IN3O2S. The molecule has 156 valence electrons. The molecule has 1 fully saturated rings. The first-order chi connectivity index (χ1) is 14.8. The lowest BCUT2D eigenvalue weighted by Gasteiger charge is -2.29. The first-order valence-electron chi connectivity index (χ1n) is 9.69. The Balaban J connectivity index is 1.75. The molecule has 0 aliphatic carbocycles. The smallest absolute Gasteiger partial charge is 0.270 e. The van der Waals surface area contributed by atoms with Gasteiger partial charge >= 0.3 is 0 Å². The predicted molar refractivity (Wildman–Crippen MR) is 135 cm³/mol. The average molecular weight is 541 g/mol. The van der Waals surface area contributed by atoms with Crippen LogP contribution < -0.4 is 10.2 Å². The molecule has 0 spiro atoms. The van der Waals surface area contributed by atoms with Gasteiger partial charge in [0.25, 0.3) is 11.8 Å². The minimum Gasteiger partial charge on any atom is -0.318 e. The van der Waals surface area contributed by atoms with Crippen LogP contribution in [0.1, 0.15) is 22.5 Å². The molecule has 7 heteroatoms. The lowest BCUT2D eigenvalue weighted by Crippen LogP contribution is -2.54. The average Bonchev–Trinajstić information content (AvgIpc) is 3.00. The summed E-state index contributed by atoms with van der Waals surface area (Å²) in [4.78, 5) is 27.2. The van der Waals surface area contributed by atoms with E-state index < -0.39 is 11.8 Å². The highest BCUT2D eigenvalue weighted by atomic mass is 127. The van der Waals surface area contributed by atoms with Gasteiger partial charge in [-0.15, -0.1) is 0 Å². The summed E-state index contributed by atoms with van der Waals surface area (Å²) in [7, 11) is 0. The number of hydrogen-bond acceptors (Lipinski definition) is 3. The molecule has 1 aliphatic heterocycles. The molecule has 5 nitrogen and oxygen atoms in total. The maximum absolute atomic E-state index is 13.2. The number of aromatic nitrogens is 1. The Morgan fingerprint density at radius 1 is 0.935 bits per heavy atom. The number of aryl methyl sites for hydroxylation is 2. The van der Waals surface area contributed by atoms with E-state index in [1.165, 1.54) is 4.90 Å². The predicted octanol–water partition coefficient (Wildman–Crippen LogP) is 4.84. The fraction of sp³-hybridized carbons (Fsp3) is 0.125. The normalized spacial score (nSPS) is 15.5. The summed E-state index contributed by atoms with van der Waals surface area (Å²) in [5.41, 5.74) is 5.55. The van der Waals surface area contributed by atoms with Gasteiger partial charge in [-0.25, -0.2) is 0 Å². The third-order valence-electron chi connectivity index (χ3n) is 5.25. The SMILES string of the molecule is Cc1ccc(N2C(=O)/C(=C\c3cc(C)n(-c4ccc(I)cc4)c3C)C(=O)NC2=S)cc1. The van der Waals surface area contributed by atoms with Crippen molar-refractivity contribution in [2.45, 2.75) is 20.8 Å². The van der Waals surface area contributed by atoms with Gasteiger partial charge in [0.15, 0.2) is 5.11 Å². The lowest BCUT2D eigenvalue weighted by molar-refractivity contribution is -0.122. The number of hydrogen-bond donors (Lipinski definition) is 1. The number of benzene rings is 2. The van der Waals surface area contributed by atoms with Crippen molar-refractivity contribution in [1.82, 2.24) is 9.88 Å². The second kappa shape index (κ2) is 8.39. The number of carbonyl (C=O) groups excluding carboxylic acids is 2. The number of rotatable bonds is 3. The summed E-state index contributed by atoms with van der Waals surface area (Å²) >= 11 is 7.55. The van der Waals surface area contributed by atoms with Crippen molar-refractivity contribution in [2.24, 2.45) is 0 Å². The van der Waals surface area contributed by atoms with Crippen LogP contribution in [-0.4, -0.2) is 21.5 Å². The highest BCUT2D eigenvalue weighted by Gasteiger charge is 2.34. The van der Waals surface area contributed by atoms with E-state index in [4.69, 9.17) is 12.2 Å². The van der Waals surface area contributed by atoms with Gasteiger partial charge in [0.2, 0.25) is 0 Å². The highest BCUT2D eigenvalue weighted by molar-refractivity contribution is 14.1. The Kier molecular flexibility index (Phi) is 5.81. The Morgan fingerprint density at radius 2 is 1.55 bits per heavy atom. The van der Waals surface area contributed by atoms with Gasteiger partial charge in [0, 0.05) is 20.6 Å². The van der Waals surface area contributed by atoms with E-state index in [0.29, 0.717) is 5.69 Å². The van der Waals surface area contributed by atoms with Crippen LogP contribution in [0.3, 0.4) is 0 Å². The van der Waals surface area contributed by atoms with Crippen LogP contribution >= 0.6 is 34.8 Å². The second-order valence-electron chi connectivity index (χ2n) is 7.43. The van der Waals surface area contributed by atoms with Crippen molar-refractivity contribution >= 4 is 63.5 Å². The largest absolute Gasteiger partial charge is 0.318 e. The van der Waals surface area contributed by atoms with Gasteiger partial charge in [-0.05, 0) is 110 Å². The molecule has 0 atom stereocenters.